The summed E-state index contributed by atoms with van der Waals surface area (Å²) in [6.45, 7) is 10.9. The lowest BCUT2D eigenvalue weighted by atomic mass is 9.83. The first kappa shape index (κ1) is 14.1. The molecule has 0 atom stereocenters. The predicted octanol–water partition coefficient (Wildman–Crippen LogP) is 3.06. The molecule has 0 saturated heterocycles. The Morgan fingerprint density at radius 2 is 2.11 bits per heavy atom. The third-order valence-corrected chi connectivity index (χ3v) is 3.76. The summed E-state index contributed by atoms with van der Waals surface area (Å²) in [5.41, 5.74) is 3.83. The lowest BCUT2D eigenvalue weighted by molar-refractivity contribution is 0.281. The SMILES string of the molecule is Cc1cc(CO)cnc1N1CC=C(C(C)(C)C)CC1. The van der Waals surface area contributed by atoms with Crippen molar-refractivity contribution in [1.29, 1.82) is 0 Å². The number of aromatic nitrogens is 1. The van der Waals surface area contributed by atoms with Crippen LogP contribution in [0.1, 0.15) is 38.3 Å². The number of anilines is 1. The second kappa shape index (κ2) is 5.33. The Morgan fingerprint density at radius 1 is 1.37 bits per heavy atom. The lowest BCUT2D eigenvalue weighted by Crippen LogP contribution is -2.32. The number of hydrogen-bond donors (Lipinski definition) is 1. The summed E-state index contributed by atoms with van der Waals surface area (Å²) in [4.78, 5) is 6.81. The molecule has 1 N–H and O–H groups in total. The van der Waals surface area contributed by atoms with Gasteiger partial charge in [-0.05, 0) is 36.0 Å². The van der Waals surface area contributed by atoms with Gasteiger partial charge in [0, 0.05) is 19.3 Å². The summed E-state index contributed by atoms with van der Waals surface area (Å²) < 4.78 is 0. The second-order valence-electron chi connectivity index (χ2n) is 6.32. The van der Waals surface area contributed by atoms with Gasteiger partial charge in [0.1, 0.15) is 5.82 Å². The van der Waals surface area contributed by atoms with E-state index in [9.17, 15) is 0 Å². The lowest BCUT2D eigenvalue weighted by Gasteiger charge is -2.33. The van der Waals surface area contributed by atoms with Crippen LogP contribution in [0.25, 0.3) is 0 Å². The largest absolute Gasteiger partial charge is 0.392 e. The summed E-state index contributed by atoms with van der Waals surface area (Å²) in [6.07, 6.45) is 5.21. The Morgan fingerprint density at radius 3 is 2.58 bits per heavy atom. The second-order valence-corrected chi connectivity index (χ2v) is 6.32. The molecular weight excluding hydrogens is 236 g/mol. The Hall–Kier alpha value is -1.35. The normalized spacial score (nSPS) is 16.5. The molecular formula is C16H24N2O. The van der Waals surface area contributed by atoms with Crippen LogP contribution in [0.15, 0.2) is 23.9 Å². The standard InChI is InChI=1S/C16H24N2O/c1-12-9-13(11-19)10-17-15(12)18-7-5-14(6-8-18)16(2,3)4/h5,9-10,19H,6-8,11H2,1-4H3. The number of pyridine rings is 1. The molecule has 1 aromatic rings. The van der Waals surface area contributed by atoms with Gasteiger partial charge in [-0.2, -0.15) is 0 Å². The van der Waals surface area contributed by atoms with E-state index in [2.05, 4.69) is 43.7 Å². The Bertz CT molecular complexity index is 486. The maximum Gasteiger partial charge on any atom is 0.131 e. The van der Waals surface area contributed by atoms with Crippen LogP contribution in [-0.4, -0.2) is 23.2 Å². The maximum absolute atomic E-state index is 9.12. The quantitative estimate of drug-likeness (QED) is 0.830. The molecule has 104 valence electrons. The monoisotopic (exact) mass is 260 g/mol. The molecule has 1 aromatic heterocycles. The molecule has 3 nitrogen and oxygen atoms in total. The third-order valence-electron chi connectivity index (χ3n) is 3.76. The molecule has 0 aromatic carbocycles. The Labute approximate surface area is 116 Å². The molecule has 2 heterocycles. The van der Waals surface area contributed by atoms with E-state index in [0.29, 0.717) is 0 Å². The first-order chi connectivity index (χ1) is 8.91. The molecule has 0 unspecified atom stereocenters. The molecule has 0 aliphatic carbocycles. The van der Waals surface area contributed by atoms with Crippen LogP contribution in [0.4, 0.5) is 5.82 Å². The van der Waals surface area contributed by atoms with Crippen LogP contribution < -0.4 is 4.90 Å². The smallest absolute Gasteiger partial charge is 0.131 e. The summed E-state index contributed by atoms with van der Waals surface area (Å²) in [6, 6.07) is 2.02. The topological polar surface area (TPSA) is 36.4 Å². The minimum Gasteiger partial charge on any atom is -0.392 e. The Balaban J connectivity index is 2.16. The average molecular weight is 260 g/mol. The van der Waals surface area contributed by atoms with E-state index < -0.39 is 0 Å². The van der Waals surface area contributed by atoms with Gasteiger partial charge in [-0.15, -0.1) is 0 Å². The molecule has 0 radical (unpaired) electrons. The third kappa shape index (κ3) is 3.16. The highest BCUT2D eigenvalue weighted by Gasteiger charge is 2.22. The van der Waals surface area contributed by atoms with Gasteiger partial charge in [0.2, 0.25) is 0 Å². The van der Waals surface area contributed by atoms with E-state index >= 15 is 0 Å². The fourth-order valence-electron chi connectivity index (χ4n) is 2.59. The van der Waals surface area contributed by atoms with Gasteiger partial charge < -0.3 is 10.0 Å². The molecule has 0 saturated carbocycles. The van der Waals surface area contributed by atoms with Gasteiger partial charge in [-0.25, -0.2) is 4.98 Å². The molecule has 0 bridgehead atoms. The average Bonchev–Trinajstić information content (AvgIpc) is 2.37. The zero-order chi connectivity index (χ0) is 14.0. The van der Waals surface area contributed by atoms with Crippen molar-refractivity contribution in [3.63, 3.8) is 0 Å². The van der Waals surface area contributed by atoms with Crippen molar-refractivity contribution < 1.29 is 5.11 Å². The zero-order valence-corrected chi connectivity index (χ0v) is 12.4. The summed E-state index contributed by atoms with van der Waals surface area (Å²) in [5.74, 6) is 1.04. The fourth-order valence-corrected chi connectivity index (χ4v) is 2.59. The summed E-state index contributed by atoms with van der Waals surface area (Å²) in [7, 11) is 0. The summed E-state index contributed by atoms with van der Waals surface area (Å²) in [5, 5.41) is 9.12. The van der Waals surface area contributed by atoms with Crippen molar-refractivity contribution in [2.75, 3.05) is 18.0 Å². The summed E-state index contributed by atoms with van der Waals surface area (Å²) >= 11 is 0. The first-order valence-corrected chi connectivity index (χ1v) is 6.92. The number of aryl methyl sites for hydroxylation is 1. The molecule has 1 aliphatic heterocycles. The van der Waals surface area contributed by atoms with Crippen LogP contribution in [0, 0.1) is 12.3 Å². The highest BCUT2D eigenvalue weighted by molar-refractivity contribution is 5.49. The zero-order valence-electron chi connectivity index (χ0n) is 12.4. The van der Waals surface area contributed by atoms with E-state index in [1.54, 1.807) is 6.20 Å². The van der Waals surface area contributed by atoms with E-state index in [-0.39, 0.29) is 12.0 Å². The fraction of sp³-hybridized carbons (Fsp3) is 0.562. The van der Waals surface area contributed by atoms with Crippen LogP contribution in [0.5, 0.6) is 0 Å². The number of hydrogen-bond acceptors (Lipinski definition) is 3. The van der Waals surface area contributed by atoms with Crippen molar-refractivity contribution in [1.82, 2.24) is 4.98 Å². The Kier molecular flexibility index (Phi) is 3.95. The minimum absolute atomic E-state index is 0.0577. The van der Waals surface area contributed by atoms with Crippen molar-refractivity contribution in [2.45, 2.75) is 40.7 Å². The molecule has 19 heavy (non-hydrogen) atoms. The van der Waals surface area contributed by atoms with Crippen LogP contribution in [0.3, 0.4) is 0 Å². The van der Waals surface area contributed by atoms with E-state index in [1.807, 2.05) is 6.07 Å². The van der Waals surface area contributed by atoms with Crippen molar-refractivity contribution in [3.05, 3.63) is 35.0 Å². The van der Waals surface area contributed by atoms with Crippen molar-refractivity contribution >= 4 is 5.82 Å². The molecule has 1 aliphatic rings. The van der Waals surface area contributed by atoms with E-state index in [0.717, 1.165) is 36.5 Å². The first-order valence-electron chi connectivity index (χ1n) is 6.92. The molecule has 0 spiro atoms. The van der Waals surface area contributed by atoms with Gasteiger partial charge in [0.15, 0.2) is 0 Å². The van der Waals surface area contributed by atoms with E-state index in [4.69, 9.17) is 5.11 Å². The van der Waals surface area contributed by atoms with Crippen LogP contribution in [0.2, 0.25) is 0 Å². The maximum atomic E-state index is 9.12. The van der Waals surface area contributed by atoms with Gasteiger partial charge in [0.25, 0.3) is 0 Å². The highest BCUT2D eigenvalue weighted by Crippen LogP contribution is 2.31. The molecule has 0 amide bonds. The highest BCUT2D eigenvalue weighted by atomic mass is 16.3. The van der Waals surface area contributed by atoms with Crippen LogP contribution >= 0.6 is 0 Å². The molecule has 0 fully saturated rings. The van der Waals surface area contributed by atoms with Crippen molar-refractivity contribution in [2.24, 2.45) is 5.41 Å². The minimum atomic E-state index is 0.0577. The predicted molar refractivity (Wildman–Crippen MR) is 79.3 cm³/mol. The number of aliphatic hydroxyl groups is 1. The number of aliphatic hydroxyl groups excluding tert-OH is 1. The number of rotatable bonds is 2. The van der Waals surface area contributed by atoms with Gasteiger partial charge in [0.05, 0.1) is 6.61 Å². The van der Waals surface area contributed by atoms with Crippen molar-refractivity contribution in [3.8, 4) is 0 Å². The van der Waals surface area contributed by atoms with Crippen LogP contribution in [-0.2, 0) is 6.61 Å². The number of nitrogens with zero attached hydrogens (tertiary/aromatic N) is 2. The van der Waals surface area contributed by atoms with E-state index in [1.165, 1.54) is 5.57 Å². The molecule has 3 heteroatoms. The van der Waals surface area contributed by atoms with Gasteiger partial charge in [-0.1, -0.05) is 32.4 Å². The molecule has 2 rings (SSSR count). The van der Waals surface area contributed by atoms with Gasteiger partial charge >= 0.3 is 0 Å². The van der Waals surface area contributed by atoms with Gasteiger partial charge in [-0.3, -0.25) is 0 Å².